The van der Waals surface area contributed by atoms with Gasteiger partial charge in [0.25, 0.3) is 5.91 Å². The summed E-state index contributed by atoms with van der Waals surface area (Å²) in [7, 11) is 0. The number of rotatable bonds is 9. The highest BCUT2D eigenvalue weighted by atomic mass is 32.2. The van der Waals surface area contributed by atoms with E-state index in [0.717, 1.165) is 48.9 Å². The van der Waals surface area contributed by atoms with Gasteiger partial charge in [0.1, 0.15) is 6.10 Å². The number of carbonyl (C=O) groups excluding carboxylic acids is 1. The van der Waals surface area contributed by atoms with Gasteiger partial charge in [0, 0.05) is 36.0 Å². The van der Waals surface area contributed by atoms with E-state index in [2.05, 4.69) is 52.1 Å². The van der Waals surface area contributed by atoms with Gasteiger partial charge in [-0.25, -0.2) is 4.99 Å². The summed E-state index contributed by atoms with van der Waals surface area (Å²) in [5, 5.41) is 9.60. The quantitative estimate of drug-likeness (QED) is 0.247. The SMILES string of the molecule is CCNC(=NCc1cccc(NC(=O)C2CCCO2)c1)NCCSc1ccccc1. The molecule has 30 heavy (non-hydrogen) atoms. The minimum atomic E-state index is -0.329. The van der Waals surface area contributed by atoms with Crippen molar-refractivity contribution in [3.05, 3.63) is 60.2 Å². The van der Waals surface area contributed by atoms with Crippen molar-refractivity contribution >= 4 is 29.3 Å². The second-order valence-electron chi connectivity index (χ2n) is 6.97. The highest BCUT2D eigenvalue weighted by Gasteiger charge is 2.23. The molecular weight excluding hydrogens is 396 g/mol. The average Bonchev–Trinajstić information content (AvgIpc) is 3.31. The molecule has 2 aromatic rings. The van der Waals surface area contributed by atoms with E-state index >= 15 is 0 Å². The zero-order valence-corrected chi connectivity index (χ0v) is 18.2. The van der Waals surface area contributed by atoms with Gasteiger partial charge >= 0.3 is 0 Å². The van der Waals surface area contributed by atoms with Gasteiger partial charge in [-0.15, -0.1) is 11.8 Å². The first-order valence-electron chi connectivity index (χ1n) is 10.5. The summed E-state index contributed by atoms with van der Waals surface area (Å²) in [5.41, 5.74) is 1.82. The summed E-state index contributed by atoms with van der Waals surface area (Å²) in [4.78, 5) is 18.2. The first-order valence-corrected chi connectivity index (χ1v) is 11.4. The number of ether oxygens (including phenoxy) is 1. The molecule has 0 aliphatic carbocycles. The number of hydrogen-bond donors (Lipinski definition) is 3. The van der Waals surface area contributed by atoms with E-state index < -0.39 is 0 Å². The Hall–Kier alpha value is -2.51. The predicted molar refractivity (Wildman–Crippen MR) is 124 cm³/mol. The van der Waals surface area contributed by atoms with Gasteiger partial charge in [-0.1, -0.05) is 30.3 Å². The molecule has 7 heteroatoms. The molecule has 0 saturated carbocycles. The Morgan fingerprint density at radius 3 is 2.80 bits per heavy atom. The number of amides is 1. The molecular formula is C23H30N4O2S. The number of nitrogens with one attached hydrogen (secondary N) is 3. The van der Waals surface area contributed by atoms with Crippen molar-refractivity contribution in [2.45, 2.75) is 37.3 Å². The maximum Gasteiger partial charge on any atom is 0.253 e. The largest absolute Gasteiger partial charge is 0.368 e. The van der Waals surface area contributed by atoms with Crippen molar-refractivity contribution in [3.8, 4) is 0 Å². The molecule has 1 aliphatic heterocycles. The Labute approximate surface area is 182 Å². The molecule has 1 unspecified atom stereocenters. The topological polar surface area (TPSA) is 74.8 Å². The average molecular weight is 427 g/mol. The minimum absolute atomic E-state index is 0.0703. The molecule has 3 N–H and O–H groups in total. The lowest BCUT2D eigenvalue weighted by molar-refractivity contribution is -0.124. The Bertz CT molecular complexity index is 823. The second kappa shape index (κ2) is 12.2. The number of aliphatic imine (C=N–C) groups is 1. The lowest BCUT2D eigenvalue weighted by Crippen LogP contribution is -2.38. The van der Waals surface area contributed by atoms with E-state index in [1.807, 2.05) is 42.1 Å². The number of hydrogen-bond acceptors (Lipinski definition) is 4. The fraction of sp³-hybridized carbons (Fsp3) is 0.391. The summed E-state index contributed by atoms with van der Waals surface area (Å²) >= 11 is 1.82. The number of nitrogens with zero attached hydrogens (tertiary/aromatic N) is 1. The zero-order chi connectivity index (χ0) is 21.0. The monoisotopic (exact) mass is 426 g/mol. The standard InChI is InChI=1S/C23H30N4O2S/c1-2-24-23(25-13-15-30-20-10-4-3-5-11-20)26-17-18-8-6-9-19(16-18)27-22(28)21-12-7-14-29-21/h3-6,8-11,16,21H,2,7,12-15,17H2,1H3,(H,27,28)(H2,24,25,26). The van der Waals surface area contributed by atoms with Crippen molar-refractivity contribution in [2.75, 3.05) is 30.8 Å². The molecule has 1 amide bonds. The highest BCUT2D eigenvalue weighted by molar-refractivity contribution is 7.99. The highest BCUT2D eigenvalue weighted by Crippen LogP contribution is 2.17. The Morgan fingerprint density at radius 1 is 1.17 bits per heavy atom. The number of guanidine groups is 1. The van der Waals surface area contributed by atoms with Gasteiger partial charge in [-0.3, -0.25) is 4.79 Å². The van der Waals surface area contributed by atoms with Crippen LogP contribution < -0.4 is 16.0 Å². The van der Waals surface area contributed by atoms with Gasteiger partial charge < -0.3 is 20.7 Å². The first-order chi connectivity index (χ1) is 14.7. The molecule has 3 rings (SSSR count). The van der Waals surface area contributed by atoms with E-state index in [0.29, 0.717) is 13.2 Å². The van der Waals surface area contributed by atoms with Gasteiger partial charge in [0.2, 0.25) is 0 Å². The first kappa shape index (κ1) is 22.2. The lowest BCUT2D eigenvalue weighted by Gasteiger charge is -2.12. The molecule has 1 saturated heterocycles. The molecule has 1 heterocycles. The van der Waals surface area contributed by atoms with Gasteiger partial charge in [-0.05, 0) is 49.6 Å². The minimum Gasteiger partial charge on any atom is -0.368 e. The third-order valence-corrected chi connectivity index (χ3v) is 5.60. The van der Waals surface area contributed by atoms with Crippen molar-refractivity contribution in [1.29, 1.82) is 0 Å². The molecule has 1 fully saturated rings. The summed E-state index contributed by atoms with van der Waals surface area (Å²) in [6, 6.07) is 18.2. The molecule has 0 bridgehead atoms. The summed E-state index contributed by atoms with van der Waals surface area (Å²) in [5.74, 6) is 1.68. The van der Waals surface area contributed by atoms with Crippen LogP contribution in [0.25, 0.3) is 0 Å². The summed E-state index contributed by atoms with van der Waals surface area (Å²) < 4.78 is 5.45. The number of benzene rings is 2. The molecule has 0 radical (unpaired) electrons. The van der Waals surface area contributed by atoms with Crippen molar-refractivity contribution in [1.82, 2.24) is 10.6 Å². The Morgan fingerprint density at radius 2 is 2.03 bits per heavy atom. The molecule has 160 valence electrons. The van der Waals surface area contributed by atoms with Crippen LogP contribution in [-0.4, -0.2) is 43.4 Å². The third-order valence-electron chi connectivity index (χ3n) is 4.59. The van der Waals surface area contributed by atoms with Crippen LogP contribution in [0.4, 0.5) is 5.69 Å². The summed E-state index contributed by atoms with van der Waals surface area (Å²) in [6.07, 6.45) is 1.40. The van der Waals surface area contributed by atoms with Crippen molar-refractivity contribution in [3.63, 3.8) is 0 Å². The van der Waals surface area contributed by atoms with Crippen LogP contribution in [0.3, 0.4) is 0 Å². The Kier molecular flexibility index (Phi) is 9.05. The smallest absolute Gasteiger partial charge is 0.253 e. The third kappa shape index (κ3) is 7.39. The normalized spacial score (nSPS) is 16.3. The second-order valence-corrected chi connectivity index (χ2v) is 8.14. The molecule has 0 spiro atoms. The maximum absolute atomic E-state index is 12.2. The van der Waals surface area contributed by atoms with Crippen LogP contribution in [0.15, 0.2) is 64.5 Å². The van der Waals surface area contributed by atoms with Crippen molar-refractivity contribution < 1.29 is 9.53 Å². The number of anilines is 1. The van der Waals surface area contributed by atoms with Crippen LogP contribution >= 0.6 is 11.8 Å². The number of carbonyl (C=O) groups is 1. The van der Waals surface area contributed by atoms with E-state index in [1.165, 1.54) is 4.90 Å². The van der Waals surface area contributed by atoms with E-state index in [4.69, 9.17) is 4.74 Å². The molecule has 6 nitrogen and oxygen atoms in total. The van der Waals surface area contributed by atoms with Crippen LogP contribution in [0.1, 0.15) is 25.3 Å². The number of thioether (sulfide) groups is 1. The van der Waals surface area contributed by atoms with E-state index in [9.17, 15) is 4.79 Å². The fourth-order valence-corrected chi connectivity index (χ4v) is 3.91. The van der Waals surface area contributed by atoms with Gasteiger partial charge in [0.15, 0.2) is 5.96 Å². The van der Waals surface area contributed by atoms with E-state index in [-0.39, 0.29) is 12.0 Å². The molecule has 0 aromatic heterocycles. The predicted octanol–water partition coefficient (Wildman–Crippen LogP) is 3.65. The van der Waals surface area contributed by atoms with Crippen molar-refractivity contribution in [2.24, 2.45) is 4.99 Å². The van der Waals surface area contributed by atoms with Crippen LogP contribution in [-0.2, 0) is 16.1 Å². The van der Waals surface area contributed by atoms with Gasteiger partial charge in [-0.2, -0.15) is 0 Å². The zero-order valence-electron chi connectivity index (χ0n) is 17.4. The maximum atomic E-state index is 12.2. The van der Waals surface area contributed by atoms with Crippen LogP contribution in [0.2, 0.25) is 0 Å². The van der Waals surface area contributed by atoms with Crippen LogP contribution in [0.5, 0.6) is 0 Å². The van der Waals surface area contributed by atoms with E-state index in [1.54, 1.807) is 0 Å². The van der Waals surface area contributed by atoms with Gasteiger partial charge in [0.05, 0.1) is 6.54 Å². The molecule has 1 atom stereocenters. The Balaban J connectivity index is 1.49. The lowest BCUT2D eigenvalue weighted by atomic mass is 10.2. The fourth-order valence-electron chi connectivity index (χ4n) is 3.12. The summed E-state index contributed by atoms with van der Waals surface area (Å²) in [6.45, 7) is 4.87. The molecule has 1 aliphatic rings. The van der Waals surface area contributed by atoms with Crippen LogP contribution in [0, 0.1) is 0 Å². The molecule has 2 aromatic carbocycles.